The predicted molar refractivity (Wildman–Crippen MR) is 103 cm³/mol. The van der Waals surface area contributed by atoms with Crippen LogP contribution in [0.1, 0.15) is 5.56 Å². The Morgan fingerprint density at radius 1 is 1.04 bits per heavy atom. The number of anilines is 1. The van der Waals surface area contributed by atoms with E-state index in [1.807, 2.05) is 42.5 Å². The van der Waals surface area contributed by atoms with Crippen molar-refractivity contribution < 1.29 is 4.74 Å². The fourth-order valence-electron chi connectivity index (χ4n) is 2.70. The lowest BCUT2D eigenvalue weighted by atomic mass is 10.2. The molecule has 2 N–H and O–H groups in total. The Morgan fingerprint density at radius 3 is 2.44 bits per heavy atom. The van der Waals surface area contributed by atoms with E-state index in [1.54, 1.807) is 13.4 Å². The molecular formula is C20H22N4O. The highest BCUT2D eigenvalue weighted by atomic mass is 16.5. The maximum atomic E-state index is 5.95. The molecule has 0 fully saturated rings. The smallest absolute Gasteiger partial charge is 0.152 e. The first-order valence-corrected chi connectivity index (χ1v) is 8.20. The number of para-hydroxylation sites is 1. The molecule has 5 heteroatoms. The van der Waals surface area contributed by atoms with Crippen LogP contribution in [0, 0.1) is 6.92 Å². The van der Waals surface area contributed by atoms with E-state index in [0.29, 0.717) is 12.4 Å². The number of hydrogen-bond donors (Lipinski definition) is 1. The molecule has 25 heavy (non-hydrogen) atoms. The molecule has 4 rings (SSSR count). The molecule has 0 unspecified atom stereocenters. The first kappa shape index (κ1) is 16.9. The van der Waals surface area contributed by atoms with Crippen LogP contribution in [0.2, 0.25) is 0 Å². The van der Waals surface area contributed by atoms with E-state index < -0.39 is 0 Å². The second-order valence-electron chi connectivity index (χ2n) is 5.80. The minimum absolute atomic E-state index is 0.472. The Hall–Kier alpha value is -2.92. The molecule has 0 amide bonds. The van der Waals surface area contributed by atoms with Crippen LogP contribution in [0.25, 0.3) is 21.9 Å². The van der Waals surface area contributed by atoms with Crippen molar-refractivity contribution in [3.05, 3.63) is 66.5 Å². The number of pyridine rings is 1. The number of fused-ring (bicyclic) bond motifs is 3. The van der Waals surface area contributed by atoms with Crippen molar-refractivity contribution >= 4 is 27.8 Å². The van der Waals surface area contributed by atoms with Gasteiger partial charge in [0, 0.05) is 19.0 Å². The SMILES string of the molecule is COCCn1cnc2c(N)nc3ccccc3c21.Cc1ccccc1. The van der Waals surface area contributed by atoms with Crippen LogP contribution in [0.15, 0.2) is 60.9 Å². The van der Waals surface area contributed by atoms with E-state index in [9.17, 15) is 0 Å². The highest BCUT2D eigenvalue weighted by Crippen LogP contribution is 2.26. The summed E-state index contributed by atoms with van der Waals surface area (Å²) in [5.41, 5.74) is 9.94. The minimum Gasteiger partial charge on any atom is -0.383 e. The molecule has 0 spiro atoms. The summed E-state index contributed by atoms with van der Waals surface area (Å²) in [6.45, 7) is 3.47. The number of ether oxygens (including phenoxy) is 1. The molecular weight excluding hydrogens is 312 g/mol. The van der Waals surface area contributed by atoms with Crippen LogP contribution in [0.3, 0.4) is 0 Å². The van der Waals surface area contributed by atoms with E-state index in [-0.39, 0.29) is 0 Å². The summed E-state index contributed by atoms with van der Waals surface area (Å²) < 4.78 is 7.17. The first-order valence-electron chi connectivity index (χ1n) is 8.20. The molecule has 0 aliphatic carbocycles. The summed E-state index contributed by atoms with van der Waals surface area (Å²) in [4.78, 5) is 8.71. The molecule has 4 aromatic rings. The normalized spacial score (nSPS) is 10.6. The van der Waals surface area contributed by atoms with Crippen LogP contribution >= 0.6 is 0 Å². The number of nitrogens with zero attached hydrogens (tertiary/aromatic N) is 3. The van der Waals surface area contributed by atoms with E-state index >= 15 is 0 Å². The lowest BCUT2D eigenvalue weighted by Crippen LogP contribution is -2.03. The van der Waals surface area contributed by atoms with E-state index in [1.165, 1.54) is 5.56 Å². The van der Waals surface area contributed by atoms with Crippen molar-refractivity contribution in [2.75, 3.05) is 19.5 Å². The number of benzene rings is 2. The number of imidazole rings is 1. The van der Waals surface area contributed by atoms with Crippen molar-refractivity contribution in [1.29, 1.82) is 0 Å². The minimum atomic E-state index is 0.472. The largest absolute Gasteiger partial charge is 0.383 e. The Morgan fingerprint density at radius 2 is 1.76 bits per heavy atom. The zero-order chi connectivity index (χ0) is 17.6. The van der Waals surface area contributed by atoms with E-state index in [0.717, 1.165) is 28.5 Å². The van der Waals surface area contributed by atoms with Gasteiger partial charge in [0.25, 0.3) is 0 Å². The molecule has 5 nitrogen and oxygen atoms in total. The third kappa shape index (κ3) is 3.78. The van der Waals surface area contributed by atoms with Gasteiger partial charge in [0.15, 0.2) is 5.82 Å². The molecule has 0 aliphatic rings. The zero-order valence-electron chi connectivity index (χ0n) is 14.5. The fourth-order valence-corrected chi connectivity index (χ4v) is 2.70. The molecule has 2 heterocycles. The Balaban J connectivity index is 0.000000219. The second-order valence-corrected chi connectivity index (χ2v) is 5.80. The molecule has 0 aliphatic heterocycles. The summed E-state index contributed by atoms with van der Waals surface area (Å²) in [6, 6.07) is 18.2. The van der Waals surface area contributed by atoms with Crippen molar-refractivity contribution in [3.8, 4) is 0 Å². The maximum absolute atomic E-state index is 5.95. The van der Waals surface area contributed by atoms with Gasteiger partial charge in [0.2, 0.25) is 0 Å². The Labute approximate surface area is 147 Å². The summed E-state index contributed by atoms with van der Waals surface area (Å²) >= 11 is 0. The van der Waals surface area contributed by atoms with Gasteiger partial charge in [-0.25, -0.2) is 9.97 Å². The van der Waals surface area contributed by atoms with Crippen LogP contribution in [0.4, 0.5) is 5.82 Å². The fraction of sp³-hybridized carbons (Fsp3) is 0.200. The van der Waals surface area contributed by atoms with Gasteiger partial charge in [-0.15, -0.1) is 0 Å². The van der Waals surface area contributed by atoms with E-state index in [4.69, 9.17) is 10.5 Å². The number of nitrogen functional groups attached to an aromatic ring is 1. The maximum Gasteiger partial charge on any atom is 0.152 e. The van der Waals surface area contributed by atoms with Crippen LogP contribution in [-0.4, -0.2) is 28.3 Å². The van der Waals surface area contributed by atoms with Gasteiger partial charge in [-0.1, -0.05) is 54.1 Å². The summed E-state index contributed by atoms with van der Waals surface area (Å²) in [6.07, 6.45) is 1.79. The van der Waals surface area contributed by atoms with Crippen LogP contribution in [-0.2, 0) is 11.3 Å². The lowest BCUT2D eigenvalue weighted by molar-refractivity contribution is 0.188. The van der Waals surface area contributed by atoms with Crippen molar-refractivity contribution in [1.82, 2.24) is 14.5 Å². The molecule has 2 aromatic carbocycles. The zero-order valence-corrected chi connectivity index (χ0v) is 14.5. The summed E-state index contributed by atoms with van der Waals surface area (Å²) in [7, 11) is 1.69. The lowest BCUT2D eigenvalue weighted by Gasteiger charge is -2.06. The van der Waals surface area contributed by atoms with Gasteiger partial charge < -0.3 is 15.0 Å². The van der Waals surface area contributed by atoms with Crippen molar-refractivity contribution in [3.63, 3.8) is 0 Å². The number of hydrogen-bond acceptors (Lipinski definition) is 4. The molecule has 2 aromatic heterocycles. The highest BCUT2D eigenvalue weighted by molar-refractivity contribution is 6.06. The third-order valence-electron chi connectivity index (χ3n) is 3.96. The third-order valence-corrected chi connectivity index (χ3v) is 3.96. The average Bonchev–Trinajstić information content (AvgIpc) is 3.06. The molecule has 0 saturated carbocycles. The van der Waals surface area contributed by atoms with Gasteiger partial charge in [-0.2, -0.15) is 0 Å². The van der Waals surface area contributed by atoms with E-state index in [2.05, 4.69) is 33.6 Å². The number of aryl methyl sites for hydroxylation is 1. The van der Waals surface area contributed by atoms with Gasteiger partial charge in [-0.05, 0) is 13.0 Å². The molecule has 0 bridgehead atoms. The number of rotatable bonds is 3. The average molecular weight is 334 g/mol. The Kier molecular flexibility index (Phi) is 5.26. The first-order chi connectivity index (χ1) is 12.2. The molecule has 0 radical (unpaired) electrons. The van der Waals surface area contributed by atoms with Gasteiger partial charge in [-0.3, -0.25) is 0 Å². The number of nitrogens with two attached hydrogens (primary N) is 1. The number of methoxy groups -OCH3 is 1. The summed E-state index contributed by atoms with van der Waals surface area (Å²) in [5, 5.41) is 1.07. The standard InChI is InChI=1S/C13H14N4O.C7H8/c1-18-7-6-17-8-15-11-12(17)9-4-2-3-5-10(9)16-13(11)14;1-7-5-3-2-4-6-7/h2-5,8H,6-7H2,1H3,(H2,14,16);2-6H,1H3. The quantitative estimate of drug-likeness (QED) is 0.619. The van der Waals surface area contributed by atoms with Crippen LogP contribution in [0.5, 0.6) is 0 Å². The number of aromatic nitrogens is 3. The second kappa shape index (κ2) is 7.77. The monoisotopic (exact) mass is 334 g/mol. The highest BCUT2D eigenvalue weighted by Gasteiger charge is 2.11. The van der Waals surface area contributed by atoms with Gasteiger partial charge in [0.05, 0.1) is 24.0 Å². The van der Waals surface area contributed by atoms with Gasteiger partial charge >= 0.3 is 0 Å². The van der Waals surface area contributed by atoms with Crippen LogP contribution < -0.4 is 5.73 Å². The molecule has 0 saturated heterocycles. The molecule has 0 atom stereocenters. The van der Waals surface area contributed by atoms with Crippen molar-refractivity contribution in [2.24, 2.45) is 0 Å². The van der Waals surface area contributed by atoms with Gasteiger partial charge in [0.1, 0.15) is 5.52 Å². The topological polar surface area (TPSA) is 66.0 Å². The summed E-state index contributed by atoms with van der Waals surface area (Å²) in [5.74, 6) is 0.472. The predicted octanol–water partition coefficient (Wildman–Crippen LogP) is 3.81. The molecule has 128 valence electrons. The van der Waals surface area contributed by atoms with Crippen molar-refractivity contribution in [2.45, 2.75) is 13.5 Å². The Bertz CT molecular complexity index is 963.